The van der Waals surface area contributed by atoms with Crippen LogP contribution in [0.25, 0.3) is 0 Å². The van der Waals surface area contributed by atoms with Gasteiger partial charge in [0.1, 0.15) is 11.8 Å². The Hall–Kier alpha value is -0.840. The lowest BCUT2D eigenvalue weighted by atomic mass is 10.0. The van der Waals surface area contributed by atoms with E-state index < -0.39 is 17.9 Å². The van der Waals surface area contributed by atoms with Crippen LogP contribution in [0.15, 0.2) is 0 Å². The fourth-order valence-electron chi connectivity index (χ4n) is 1.96. The first-order valence-corrected chi connectivity index (χ1v) is 6.15. The molecule has 0 aromatic carbocycles. The summed E-state index contributed by atoms with van der Waals surface area (Å²) < 4.78 is 18.9. The van der Waals surface area contributed by atoms with E-state index in [9.17, 15) is 9.18 Å². The Bertz CT molecular complexity index is 266. The molecule has 0 aliphatic carbocycles. The average Bonchev–Trinajstić information content (AvgIpc) is 2.54. The molecule has 0 aromatic heterocycles. The normalized spacial score (nSPS) is 25.1. The van der Waals surface area contributed by atoms with Gasteiger partial charge in [-0.15, -0.1) is 0 Å². The van der Waals surface area contributed by atoms with Gasteiger partial charge >= 0.3 is 6.09 Å². The van der Waals surface area contributed by atoms with Gasteiger partial charge < -0.3 is 15.4 Å². The number of carbonyl (C=O) groups is 1. The largest absolute Gasteiger partial charge is 0.444 e. The summed E-state index contributed by atoms with van der Waals surface area (Å²) in [5, 5.41) is 0. The fourth-order valence-corrected chi connectivity index (χ4v) is 1.96. The van der Waals surface area contributed by atoms with Crippen LogP contribution in [0, 0.1) is 5.92 Å². The van der Waals surface area contributed by atoms with Crippen LogP contribution >= 0.6 is 0 Å². The topological polar surface area (TPSA) is 55.6 Å². The molecule has 2 atom stereocenters. The first kappa shape index (κ1) is 14.2. The van der Waals surface area contributed by atoms with Gasteiger partial charge in [0.05, 0.1) is 6.54 Å². The van der Waals surface area contributed by atoms with Gasteiger partial charge in [0, 0.05) is 12.5 Å². The molecule has 0 radical (unpaired) electrons. The predicted octanol–water partition coefficient (Wildman–Crippen LogP) is 1.93. The van der Waals surface area contributed by atoms with Crippen molar-refractivity contribution >= 4 is 6.09 Å². The van der Waals surface area contributed by atoms with Crippen molar-refractivity contribution in [2.45, 2.75) is 45.4 Å². The van der Waals surface area contributed by atoms with Gasteiger partial charge in [-0.25, -0.2) is 9.18 Å². The van der Waals surface area contributed by atoms with Gasteiger partial charge in [0.2, 0.25) is 0 Å². The molecule has 17 heavy (non-hydrogen) atoms. The molecule has 0 saturated carbocycles. The van der Waals surface area contributed by atoms with E-state index in [1.54, 1.807) is 20.8 Å². The number of halogens is 1. The van der Waals surface area contributed by atoms with Gasteiger partial charge in [-0.2, -0.15) is 0 Å². The number of nitrogens with zero attached hydrogens (tertiary/aromatic N) is 1. The van der Waals surface area contributed by atoms with Crippen LogP contribution in [0.3, 0.4) is 0 Å². The zero-order valence-corrected chi connectivity index (χ0v) is 10.9. The second-order valence-electron chi connectivity index (χ2n) is 5.59. The Balaban J connectivity index is 2.45. The van der Waals surface area contributed by atoms with Gasteiger partial charge in [-0.1, -0.05) is 0 Å². The molecule has 0 aromatic rings. The molecule has 4 nitrogen and oxygen atoms in total. The molecule has 1 fully saturated rings. The Morgan fingerprint density at radius 3 is 2.65 bits per heavy atom. The number of amides is 1. The van der Waals surface area contributed by atoms with E-state index >= 15 is 0 Å². The number of alkyl halides is 1. The third kappa shape index (κ3) is 4.50. The van der Waals surface area contributed by atoms with E-state index in [4.69, 9.17) is 10.5 Å². The SMILES string of the molecule is CC(C)(C)OC(=O)N1CC(F)C(CCCN)C1. The number of carbonyl (C=O) groups excluding carboxylic acids is 1. The second-order valence-corrected chi connectivity index (χ2v) is 5.59. The highest BCUT2D eigenvalue weighted by Crippen LogP contribution is 2.25. The summed E-state index contributed by atoms with van der Waals surface area (Å²) in [5.74, 6) is -0.0916. The van der Waals surface area contributed by atoms with Crippen LogP contribution in [0.2, 0.25) is 0 Å². The first-order chi connectivity index (χ1) is 7.83. The van der Waals surface area contributed by atoms with Crippen molar-refractivity contribution in [2.75, 3.05) is 19.6 Å². The van der Waals surface area contributed by atoms with Gasteiger partial charge in [0.15, 0.2) is 0 Å². The van der Waals surface area contributed by atoms with E-state index in [-0.39, 0.29) is 12.5 Å². The lowest BCUT2D eigenvalue weighted by molar-refractivity contribution is 0.0281. The minimum Gasteiger partial charge on any atom is -0.444 e. The van der Waals surface area contributed by atoms with E-state index in [1.165, 1.54) is 4.90 Å². The molecule has 0 spiro atoms. The third-order valence-corrected chi connectivity index (χ3v) is 2.79. The molecular weight excluding hydrogens is 223 g/mol. The summed E-state index contributed by atoms with van der Waals surface area (Å²) >= 11 is 0. The fraction of sp³-hybridized carbons (Fsp3) is 0.917. The molecule has 1 aliphatic heterocycles. The number of ether oxygens (including phenoxy) is 1. The van der Waals surface area contributed by atoms with Gasteiger partial charge in [-0.05, 0) is 40.2 Å². The maximum atomic E-state index is 13.7. The van der Waals surface area contributed by atoms with Crippen LogP contribution in [-0.4, -0.2) is 42.4 Å². The van der Waals surface area contributed by atoms with Crippen LogP contribution in [0.4, 0.5) is 9.18 Å². The molecule has 100 valence electrons. The van der Waals surface area contributed by atoms with Crippen LogP contribution in [-0.2, 0) is 4.74 Å². The van der Waals surface area contributed by atoms with Crippen molar-refractivity contribution in [1.82, 2.24) is 4.90 Å². The maximum absolute atomic E-state index is 13.7. The van der Waals surface area contributed by atoms with E-state index in [0.29, 0.717) is 13.1 Å². The maximum Gasteiger partial charge on any atom is 0.410 e. The van der Waals surface area contributed by atoms with Crippen molar-refractivity contribution in [3.05, 3.63) is 0 Å². The highest BCUT2D eigenvalue weighted by atomic mass is 19.1. The van der Waals surface area contributed by atoms with Crippen LogP contribution in [0.1, 0.15) is 33.6 Å². The lowest BCUT2D eigenvalue weighted by Gasteiger charge is -2.24. The van der Waals surface area contributed by atoms with Gasteiger partial charge in [0.25, 0.3) is 0 Å². The number of likely N-dealkylation sites (tertiary alicyclic amines) is 1. The molecule has 5 heteroatoms. The van der Waals surface area contributed by atoms with Crippen molar-refractivity contribution < 1.29 is 13.9 Å². The molecular formula is C12H23FN2O2. The molecule has 1 rings (SSSR count). The summed E-state index contributed by atoms with van der Waals surface area (Å²) in [4.78, 5) is 13.2. The number of rotatable bonds is 3. The summed E-state index contributed by atoms with van der Waals surface area (Å²) in [6.45, 7) is 6.56. The summed E-state index contributed by atoms with van der Waals surface area (Å²) in [6, 6.07) is 0. The predicted molar refractivity (Wildman–Crippen MR) is 64.5 cm³/mol. The monoisotopic (exact) mass is 246 g/mol. The highest BCUT2D eigenvalue weighted by molar-refractivity contribution is 5.68. The first-order valence-electron chi connectivity index (χ1n) is 6.15. The molecule has 1 saturated heterocycles. The second kappa shape index (κ2) is 5.67. The third-order valence-electron chi connectivity index (χ3n) is 2.79. The van der Waals surface area contributed by atoms with E-state index in [2.05, 4.69) is 0 Å². The average molecular weight is 246 g/mol. The summed E-state index contributed by atoms with van der Waals surface area (Å²) in [7, 11) is 0. The summed E-state index contributed by atoms with van der Waals surface area (Å²) in [6.07, 6.45) is 0.161. The lowest BCUT2D eigenvalue weighted by Crippen LogP contribution is -2.35. The molecule has 0 bridgehead atoms. The number of hydrogen-bond acceptors (Lipinski definition) is 3. The highest BCUT2D eigenvalue weighted by Gasteiger charge is 2.36. The van der Waals surface area contributed by atoms with E-state index in [0.717, 1.165) is 12.8 Å². The van der Waals surface area contributed by atoms with Crippen molar-refractivity contribution in [1.29, 1.82) is 0 Å². The van der Waals surface area contributed by atoms with Gasteiger partial charge in [-0.3, -0.25) is 0 Å². The zero-order chi connectivity index (χ0) is 13.1. The van der Waals surface area contributed by atoms with Crippen molar-refractivity contribution in [3.63, 3.8) is 0 Å². The minimum absolute atomic E-state index is 0.0916. The quantitative estimate of drug-likeness (QED) is 0.827. The minimum atomic E-state index is -0.950. The zero-order valence-electron chi connectivity index (χ0n) is 10.9. The molecule has 2 N–H and O–H groups in total. The van der Waals surface area contributed by atoms with Crippen LogP contribution in [0.5, 0.6) is 0 Å². The Morgan fingerprint density at radius 2 is 2.12 bits per heavy atom. The Kier molecular flexibility index (Phi) is 4.74. The smallest absolute Gasteiger partial charge is 0.410 e. The summed E-state index contributed by atoms with van der Waals surface area (Å²) in [5.41, 5.74) is 4.87. The Labute approximate surface area is 102 Å². The molecule has 1 amide bonds. The van der Waals surface area contributed by atoms with Crippen LogP contribution < -0.4 is 5.73 Å². The standard InChI is InChI=1S/C12H23FN2O2/c1-12(2,3)17-11(16)15-7-9(5-4-6-14)10(13)8-15/h9-10H,4-8,14H2,1-3H3. The molecule has 1 aliphatic rings. The Morgan fingerprint density at radius 1 is 1.47 bits per heavy atom. The number of hydrogen-bond donors (Lipinski definition) is 1. The molecule has 2 unspecified atom stereocenters. The van der Waals surface area contributed by atoms with Crippen molar-refractivity contribution in [2.24, 2.45) is 11.7 Å². The van der Waals surface area contributed by atoms with E-state index in [1.807, 2.05) is 0 Å². The van der Waals surface area contributed by atoms with Crippen molar-refractivity contribution in [3.8, 4) is 0 Å². The molecule has 1 heterocycles. The number of nitrogens with two attached hydrogens (primary N) is 1.